The van der Waals surface area contributed by atoms with E-state index in [4.69, 9.17) is 9.47 Å². The van der Waals surface area contributed by atoms with Gasteiger partial charge < -0.3 is 14.6 Å². The summed E-state index contributed by atoms with van der Waals surface area (Å²) in [5.74, 6) is -0.967. The third kappa shape index (κ3) is 5.11. The molecule has 1 heterocycles. The van der Waals surface area contributed by atoms with Crippen LogP contribution in [-0.4, -0.2) is 60.3 Å². The number of rotatable bonds is 5. The Morgan fingerprint density at radius 1 is 1.22 bits per heavy atom. The summed E-state index contributed by atoms with van der Waals surface area (Å²) in [6.45, 7) is 9.17. The number of methoxy groups -OCH3 is 1. The zero-order chi connectivity index (χ0) is 20.1. The van der Waals surface area contributed by atoms with Crippen LogP contribution in [-0.2, 0) is 9.53 Å². The molecule has 1 fully saturated rings. The molecule has 3 N–H and O–H groups in total. The smallest absolute Gasteiger partial charge is 0.273 e. The number of nitrogens with one attached hydrogen (secondary N) is 2. The highest BCUT2D eigenvalue weighted by atomic mass is 16.5. The van der Waals surface area contributed by atoms with Gasteiger partial charge in [0.15, 0.2) is 11.5 Å². The maximum atomic E-state index is 12.7. The van der Waals surface area contributed by atoms with Gasteiger partial charge in [0, 0.05) is 13.1 Å². The minimum atomic E-state index is -0.619. The lowest BCUT2D eigenvalue weighted by atomic mass is 10.00. The van der Waals surface area contributed by atoms with Crippen molar-refractivity contribution in [2.75, 3.05) is 20.2 Å². The molecule has 0 aliphatic carbocycles. The third-order valence-corrected chi connectivity index (χ3v) is 4.50. The molecule has 8 heteroatoms. The first kappa shape index (κ1) is 21.0. The van der Waals surface area contributed by atoms with E-state index in [9.17, 15) is 14.7 Å². The largest absolute Gasteiger partial charge is 0.504 e. The van der Waals surface area contributed by atoms with Crippen LogP contribution in [0.5, 0.6) is 11.5 Å². The third-order valence-electron chi connectivity index (χ3n) is 4.50. The number of para-hydroxylation sites is 1. The summed E-state index contributed by atoms with van der Waals surface area (Å²) in [7, 11) is 1.40. The molecule has 150 valence electrons. The summed E-state index contributed by atoms with van der Waals surface area (Å²) < 4.78 is 10.7. The molecule has 1 aromatic carbocycles. The summed E-state index contributed by atoms with van der Waals surface area (Å²) >= 11 is 0. The lowest BCUT2D eigenvalue weighted by Crippen LogP contribution is -2.59. The van der Waals surface area contributed by atoms with E-state index in [-0.39, 0.29) is 41.1 Å². The summed E-state index contributed by atoms with van der Waals surface area (Å²) in [4.78, 5) is 27.2. The average Bonchev–Trinajstić information content (AvgIpc) is 2.59. The van der Waals surface area contributed by atoms with Crippen LogP contribution in [0.1, 0.15) is 38.1 Å². The second-order valence-electron chi connectivity index (χ2n) is 7.20. The van der Waals surface area contributed by atoms with Gasteiger partial charge in [-0.1, -0.05) is 19.9 Å². The predicted molar refractivity (Wildman–Crippen MR) is 100 cm³/mol. The molecule has 0 saturated carbocycles. The predicted octanol–water partition coefficient (Wildman–Crippen LogP) is 1.30. The number of hydrogen-bond acceptors (Lipinski definition) is 6. The molecule has 1 aliphatic heterocycles. The normalized spacial score (nSPS) is 21.6. The van der Waals surface area contributed by atoms with Crippen molar-refractivity contribution in [3.63, 3.8) is 0 Å². The van der Waals surface area contributed by atoms with Gasteiger partial charge in [-0.15, -0.1) is 0 Å². The van der Waals surface area contributed by atoms with E-state index < -0.39 is 11.9 Å². The topological polar surface area (TPSA) is 100 Å². The molecule has 2 amide bonds. The van der Waals surface area contributed by atoms with Crippen molar-refractivity contribution in [1.82, 2.24) is 15.8 Å². The van der Waals surface area contributed by atoms with Crippen molar-refractivity contribution in [1.29, 1.82) is 0 Å². The Balaban J connectivity index is 2.05. The molecule has 2 rings (SSSR count). The highest BCUT2D eigenvalue weighted by molar-refractivity contribution is 5.98. The maximum absolute atomic E-state index is 12.7. The number of morpholine rings is 1. The Morgan fingerprint density at radius 3 is 2.41 bits per heavy atom. The summed E-state index contributed by atoms with van der Waals surface area (Å²) in [5, 5.41) is 10.1. The maximum Gasteiger partial charge on any atom is 0.273 e. The molecule has 3 unspecified atom stereocenters. The minimum Gasteiger partial charge on any atom is -0.504 e. The van der Waals surface area contributed by atoms with Crippen molar-refractivity contribution in [3.8, 4) is 11.5 Å². The molecule has 0 aromatic heterocycles. The Hall–Kier alpha value is -2.32. The van der Waals surface area contributed by atoms with Crippen molar-refractivity contribution >= 4 is 11.8 Å². The van der Waals surface area contributed by atoms with Crippen molar-refractivity contribution < 1.29 is 24.2 Å². The van der Waals surface area contributed by atoms with Gasteiger partial charge in [-0.3, -0.25) is 25.3 Å². The van der Waals surface area contributed by atoms with Gasteiger partial charge in [0.2, 0.25) is 0 Å². The number of phenolic OH excluding ortho intramolecular Hbond substituents is 1. The first-order valence-corrected chi connectivity index (χ1v) is 9.10. The Bertz CT molecular complexity index is 669. The van der Waals surface area contributed by atoms with Gasteiger partial charge in [-0.05, 0) is 31.9 Å². The first-order valence-electron chi connectivity index (χ1n) is 9.10. The zero-order valence-electron chi connectivity index (χ0n) is 16.5. The standard InChI is InChI=1S/C19H29N3O5/c1-11(2)16(22-9-12(3)27-13(4)10-22)19(25)21-20-18(24)14-7-6-8-15(26-5)17(14)23/h6-8,11-13,16,23H,9-10H2,1-5H3,(H,20,24)(H,21,25). The van der Waals surface area contributed by atoms with Gasteiger partial charge >= 0.3 is 0 Å². The Morgan fingerprint density at radius 2 is 1.85 bits per heavy atom. The number of hydrogen-bond donors (Lipinski definition) is 3. The van der Waals surface area contributed by atoms with E-state index in [1.54, 1.807) is 12.1 Å². The van der Waals surface area contributed by atoms with E-state index in [2.05, 4.69) is 15.8 Å². The number of carbonyl (C=O) groups is 2. The number of aromatic hydroxyl groups is 1. The van der Waals surface area contributed by atoms with Gasteiger partial charge in [-0.2, -0.15) is 0 Å². The van der Waals surface area contributed by atoms with Crippen LogP contribution in [0.2, 0.25) is 0 Å². The number of phenols is 1. The number of amides is 2. The quantitative estimate of drug-likeness (QED) is 0.667. The summed E-state index contributed by atoms with van der Waals surface area (Å²) in [6.07, 6.45) is 0.0669. The highest BCUT2D eigenvalue weighted by Gasteiger charge is 2.34. The SMILES string of the molecule is COc1cccc(C(=O)NNC(=O)C(C(C)C)N2CC(C)OC(C)C2)c1O. The van der Waals surface area contributed by atoms with Crippen LogP contribution in [0, 0.1) is 5.92 Å². The number of carbonyl (C=O) groups excluding carboxylic acids is 2. The second kappa shape index (κ2) is 9.05. The van der Waals surface area contributed by atoms with Gasteiger partial charge in [0.1, 0.15) is 0 Å². The van der Waals surface area contributed by atoms with Gasteiger partial charge in [0.25, 0.3) is 11.8 Å². The van der Waals surface area contributed by atoms with E-state index in [0.29, 0.717) is 13.1 Å². The van der Waals surface area contributed by atoms with Crippen molar-refractivity contribution in [3.05, 3.63) is 23.8 Å². The molecule has 0 radical (unpaired) electrons. The number of hydrazine groups is 1. The molecule has 1 aliphatic rings. The molecule has 1 saturated heterocycles. The fourth-order valence-corrected chi connectivity index (χ4v) is 3.46. The van der Waals surface area contributed by atoms with Crippen LogP contribution in [0.15, 0.2) is 18.2 Å². The number of ether oxygens (including phenoxy) is 2. The average molecular weight is 379 g/mol. The van der Waals surface area contributed by atoms with E-state index in [1.165, 1.54) is 13.2 Å². The van der Waals surface area contributed by atoms with E-state index in [1.807, 2.05) is 27.7 Å². The highest BCUT2D eigenvalue weighted by Crippen LogP contribution is 2.29. The van der Waals surface area contributed by atoms with Crippen LogP contribution in [0.3, 0.4) is 0 Å². The van der Waals surface area contributed by atoms with E-state index >= 15 is 0 Å². The monoisotopic (exact) mass is 379 g/mol. The Kier molecular flexibility index (Phi) is 7.04. The molecule has 1 aromatic rings. The summed E-state index contributed by atoms with van der Waals surface area (Å²) in [6, 6.07) is 4.17. The van der Waals surface area contributed by atoms with Crippen molar-refractivity contribution in [2.45, 2.75) is 45.9 Å². The van der Waals surface area contributed by atoms with Crippen molar-refractivity contribution in [2.24, 2.45) is 5.92 Å². The van der Waals surface area contributed by atoms with Crippen LogP contribution >= 0.6 is 0 Å². The minimum absolute atomic E-state index is 0.0179. The lowest BCUT2D eigenvalue weighted by Gasteiger charge is -2.40. The van der Waals surface area contributed by atoms with Crippen LogP contribution in [0.4, 0.5) is 0 Å². The van der Waals surface area contributed by atoms with E-state index in [0.717, 1.165) is 0 Å². The molecular weight excluding hydrogens is 350 g/mol. The van der Waals surface area contributed by atoms with Crippen LogP contribution in [0.25, 0.3) is 0 Å². The lowest BCUT2D eigenvalue weighted by molar-refractivity contribution is -0.136. The molecule has 0 bridgehead atoms. The fourth-order valence-electron chi connectivity index (χ4n) is 3.46. The zero-order valence-corrected chi connectivity index (χ0v) is 16.5. The second-order valence-corrected chi connectivity index (χ2v) is 7.20. The number of nitrogens with zero attached hydrogens (tertiary/aromatic N) is 1. The first-order chi connectivity index (χ1) is 12.7. The number of benzene rings is 1. The molecule has 8 nitrogen and oxygen atoms in total. The van der Waals surface area contributed by atoms with Crippen LogP contribution < -0.4 is 15.6 Å². The summed E-state index contributed by atoms with van der Waals surface area (Å²) in [5.41, 5.74) is 4.87. The van der Waals surface area contributed by atoms with Gasteiger partial charge in [0.05, 0.1) is 30.9 Å². The molecule has 0 spiro atoms. The molecular formula is C19H29N3O5. The fraction of sp³-hybridized carbons (Fsp3) is 0.579. The molecule has 27 heavy (non-hydrogen) atoms. The van der Waals surface area contributed by atoms with Gasteiger partial charge in [-0.25, -0.2) is 0 Å². The Labute approximate surface area is 159 Å². The molecule has 3 atom stereocenters.